The van der Waals surface area contributed by atoms with E-state index < -0.39 is 0 Å². The summed E-state index contributed by atoms with van der Waals surface area (Å²) in [5, 5.41) is 11.6. The maximum absolute atomic E-state index is 4.18. The molecule has 1 aliphatic rings. The summed E-state index contributed by atoms with van der Waals surface area (Å²) in [5.74, 6) is 0. The van der Waals surface area contributed by atoms with Crippen LogP contribution in [0.15, 0.2) is 36.5 Å². The standard InChI is InChI=1S/C13H17N5.ClH/c1-2-4-12(5-3-1)18-13(10-15-16-18)11-17-8-6-14-7-9-17;/h1-5,10,14H,6-9,11H2;1H. The Morgan fingerprint density at radius 2 is 1.84 bits per heavy atom. The number of para-hydroxylation sites is 1. The molecule has 1 fully saturated rings. The number of halogens is 1. The number of piperazine rings is 1. The number of rotatable bonds is 3. The Morgan fingerprint density at radius 3 is 2.58 bits per heavy atom. The molecule has 6 heteroatoms. The lowest BCUT2D eigenvalue weighted by Crippen LogP contribution is -2.43. The van der Waals surface area contributed by atoms with Gasteiger partial charge in [-0.25, -0.2) is 4.68 Å². The van der Waals surface area contributed by atoms with E-state index in [2.05, 4.69) is 32.7 Å². The molecule has 0 aliphatic carbocycles. The van der Waals surface area contributed by atoms with E-state index >= 15 is 0 Å². The van der Waals surface area contributed by atoms with Crippen LogP contribution < -0.4 is 5.32 Å². The van der Waals surface area contributed by atoms with Gasteiger partial charge in [-0.05, 0) is 12.1 Å². The molecule has 2 aromatic rings. The van der Waals surface area contributed by atoms with Crippen molar-refractivity contribution in [1.82, 2.24) is 25.2 Å². The van der Waals surface area contributed by atoms with Crippen LogP contribution in [0, 0.1) is 0 Å². The van der Waals surface area contributed by atoms with Crippen LogP contribution in [0.25, 0.3) is 5.69 Å². The number of nitrogens with one attached hydrogen (secondary N) is 1. The zero-order valence-electron chi connectivity index (χ0n) is 10.7. The molecule has 1 saturated heterocycles. The molecule has 5 nitrogen and oxygen atoms in total. The fourth-order valence-electron chi connectivity index (χ4n) is 2.25. The van der Waals surface area contributed by atoms with Crippen molar-refractivity contribution < 1.29 is 0 Å². The maximum atomic E-state index is 4.18. The lowest BCUT2D eigenvalue weighted by Gasteiger charge is -2.26. The summed E-state index contributed by atoms with van der Waals surface area (Å²) in [6.45, 7) is 5.20. The van der Waals surface area contributed by atoms with E-state index in [-0.39, 0.29) is 12.4 Å². The Hall–Kier alpha value is -1.43. The first-order valence-corrected chi connectivity index (χ1v) is 6.31. The summed E-state index contributed by atoms with van der Waals surface area (Å²) in [6, 6.07) is 10.2. The molecule has 1 N–H and O–H groups in total. The van der Waals surface area contributed by atoms with E-state index in [0.29, 0.717) is 0 Å². The van der Waals surface area contributed by atoms with Gasteiger partial charge in [-0.3, -0.25) is 4.90 Å². The summed E-state index contributed by atoms with van der Waals surface area (Å²) in [6.07, 6.45) is 1.86. The van der Waals surface area contributed by atoms with Crippen LogP contribution in [0.1, 0.15) is 5.69 Å². The van der Waals surface area contributed by atoms with Crippen LogP contribution in [-0.4, -0.2) is 46.1 Å². The number of benzene rings is 1. The van der Waals surface area contributed by atoms with Gasteiger partial charge in [0.1, 0.15) is 0 Å². The van der Waals surface area contributed by atoms with Gasteiger partial charge < -0.3 is 5.32 Å². The second-order valence-corrected chi connectivity index (χ2v) is 4.50. The Balaban J connectivity index is 0.00000133. The molecule has 0 spiro atoms. The van der Waals surface area contributed by atoms with E-state index in [0.717, 1.165) is 44.1 Å². The van der Waals surface area contributed by atoms with Crippen LogP contribution in [0.2, 0.25) is 0 Å². The molecule has 102 valence electrons. The third kappa shape index (κ3) is 3.32. The number of hydrogen-bond acceptors (Lipinski definition) is 4. The summed E-state index contributed by atoms with van der Waals surface area (Å²) >= 11 is 0. The first-order chi connectivity index (χ1) is 8.93. The largest absolute Gasteiger partial charge is 0.314 e. The maximum Gasteiger partial charge on any atom is 0.0786 e. The van der Waals surface area contributed by atoms with Crippen molar-refractivity contribution in [1.29, 1.82) is 0 Å². The average molecular weight is 280 g/mol. The summed E-state index contributed by atoms with van der Waals surface area (Å²) in [5.41, 5.74) is 2.21. The molecule has 3 rings (SSSR count). The first kappa shape index (κ1) is 14.0. The second kappa shape index (κ2) is 6.65. The lowest BCUT2D eigenvalue weighted by atomic mass is 10.3. The van der Waals surface area contributed by atoms with Gasteiger partial charge in [-0.1, -0.05) is 23.4 Å². The van der Waals surface area contributed by atoms with Crippen molar-refractivity contribution in [3.63, 3.8) is 0 Å². The topological polar surface area (TPSA) is 46.0 Å². The highest BCUT2D eigenvalue weighted by molar-refractivity contribution is 5.85. The zero-order valence-corrected chi connectivity index (χ0v) is 11.5. The average Bonchev–Trinajstić information content (AvgIpc) is 2.89. The van der Waals surface area contributed by atoms with Crippen molar-refractivity contribution in [2.24, 2.45) is 0 Å². The second-order valence-electron chi connectivity index (χ2n) is 4.50. The monoisotopic (exact) mass is 279 g/mol. The highest BCUT2D eigenvalue weighted by Crippen LogP contribution is 2.11. The van der Waals surface area contributed by atoms with Gasteiger partial charge in [0.2, 0.25) is 0 Å². The van der Waals surface area contributed by atoms with Crippen LogP contribution >= 0.6 is 12.4 Å². The fourth-order valence-corrected chi connectivity index (χ4v) is 2.25. The SMILES string of the molecule is Cl.c1ccc(-n2nncc2CN2CCNCC2)cc1. The Labute approximate surface area is 119 Å². The number of hydrogen-bond donors (Lipinski definition) is 1. The van der Waals surface area contributed by atoms with Gasteiger partial charge in [0.15, 0.2) is 0 Å². The van der Waals surface area contributed by atoms with Crippen molar-refractivity contribution >= 4 is 12.4 Å². The molecule has 1 aliphatic heterocycles. The Bertz CT molecular complexity index is 493. The Morgan fingerprint density at radius 1 is 1.11 bits per heavy atom. The molecule has 1 aromatic heterocycles. The molecule has 0 unspecified atom stereocenters. The van der Waals surface area contributed by atoms with Gasteiger partial charge in [0.25, 0.3) is 0 Å². The van der Waals surface area contributed by atoms with Gasteiger partial charge in [-0.15, -0.1) is 17.5 Å². The van der Waals surface area contributed by atoms with Crippen molar-refractivity contribution in [3.05, 3.63) is 42.2 Å². The molecule has 0 saturated carbocycles. The fraction of sp³-hybridized carbons (Fsp3) is 0.385. The zero-order chi connectivity index (χ0) is 12.2. The summed E-state index contributed by atoms with van der Waals surface area (Å²) in [4.78, 5) is 2.43. The lowest BCUT2D eigenvalue weighted by molar-refractivity contribution is 0.229. The van der Waals surface area contributed by atoms with E-state index in [9.17, 15) is 0 Å². The number of nitrogens with zero attached hydrogens (tertiary/aromatic N) is 4. The predicted molar refractivity (Wildman–Crippen MR) is 76.8 cm³/mol. The van der Waals surface area contributed by atoms with Gasteiger partial charge >= 0.3 is 0 Å². The predicted octanol–water partition coefficient (Wildman–Crippen LogP) is 1.09. The molecule has 2 heterocycles. The van der Waals surface area contributed by atoms with Crippen LogP contribution in [0.5, 0.6) is 0 Å². The third-order valence-electron chi connectivity index (χ3n) is 3.22. The first-order valence-electron chi connectivity index (χ1n) is 6.31. The van der Waals surface area contributed by atoms with Crippen molar-refractivity contribution in [2.75, 3.05) is 26.2 Å². The van der Waals surface area contributed by atoms with Gasteiger partial charge in [0, 0.05) is 32.7 Å². The van der Waals surface area contributed by atoms with E-state index in [1.807, 2.05) is 29.1 Å². The van der Waals surface area contributed by atoms with E-state index in [4.69, 9.17) is 0 Å². The quantitative estimate of drug-likeness (QED) is 0.914. The molecule has 0 amide bonds. The minimum absolute atomic E-state index is 0. The third-order valence-corrected chi connectivity index (χ3v) is 3.22. The highest BCUT2D eigenvalue weighted by atomic mass is 35.5. The highest BCUT2D eigenvalue weighted by Gasteiger charge is 2.13. The molecule has 19 heavy (non-hydrogen) atoms. The normalized spacial score (nSPS) is 16.0. The minimum atomic E-state index is 0. The number of aromatic nitrogens is 3. The van der Waals surface area contributed by atoms with E-state index in [1.54, 1.807) is 0 Å². The van der Waals surface area contributed by atoms with Crippen molar-refractivity contribution in [2.45, 2.75) is 6.54 Å². The smallest absolute Gasteiger partial charge is 0.0786 e. The van der Waals surface area contributed by atoms with Crippen molar-refractivity contribution in [3.8, 4) is 5.69 Å². The minimum Gasteiger partial charge on any atom is -0.314 e. The van der Waals surface area contributed by atoms with Crippen LogP contribution in [0.3, 0.4) is 0 Å². The van der Waals surface area contributed by atoms with E-state index in [1.165, 1.54) is 0 Å². The molecular formula is C13H18ClN5. The molecule has 0 atom stereocenters. The summed E-state index contributed by atoms with van der Waals surface area (Å²) < 4.78 is 1.92. The van der Waals surface area contributed by atoms with Crippen LogP contribution in [0.4, 0.5) is 0 Å². The molecule has 1 aromatic carbocycles. The molecule has 0 radical (unpaired) electrons. The van der Waals surface area contributed by atoms with Gasteiger partial charge in [-0.2, -0.15) is 0 Å². The molecule has 0 bridgehead atoms. The molecular weight excluding hydrogens is 262 g/mol. The van der Waals surface area contributed by atoms with Gasteiger partial charge in [0.05, 0.1) is 17.6 Å². The Kier molecular flexibility index (Phi) is 4.90. The van der Waals surface area contributed by atoms with Crippen LogP contribution in [-0.2, 0) is 6.54 Å². The summed E-state index contributed by atoms with van der Waals surface area (Å²) in [7, 11) is 0.